The van der Waals surface area contributed by atoms with Crippen LogP contribution in [0.3, 0.4) is 0 Å². The Labute approximate surface area is 164 Å². The van der Waals surface area contributed by atoms with Crippen LogP contribution >= 0.6 is 0 Å². The molecule has 2 aliphatic heterocycles. The minimum absolute atomic E-state index is 0.0981. The number of carbonyl (C=O) groups excluding carboxylic acids is 1. The van der Waals surface area contributed by atoms with Gasteiger partial charge in [-0.25, -0.2) is 0 Å². The van der Waals surface area contributed by atoms with Crippen LogP contribution in [0, 0.1) is 18.8 Å². The van der Waals surface area contributed by atoms with Crippen molar-refractivity contribution < 1.29 is 19.1 Å². The Bertz CT molecular complexity index is 796. The minimum atomic E-state index is -0.101. The van der Waals surface area contributed by atoms with Gasteiger partial charge in [0.25, 0.3) is 5.91 Å². The highest BCUT2D eigenvalue weighted by atomic mass is 16.5. The second kappa shape index (κ2) is 8.46. The van der Waals surface area contributed by atoms with Crippen molar-refractivity contribution in [2.24, 2.45) is 11.8 Å². The highest BCUT2D eigenvalue weighted by molar-refractivity contribution is 5.93. The molecule has 2 N–H and O–H groups in total. The molecule has 1 amide bonds. The molecule has 0 saturated carbocycles. The summed E-state index contributed by atoms with van der Waals surface area (Å²) in [6, 6.07) is 5.47. The number of nitrogens with one attached hydrogen (secondary N) is 1. The van der Waals surface area contributed by atoms with E-state index in [4.69, 9.17) is 9.15 Å². The van der Waals surface area contributed by atoms with Crippen molar-refractivity contribution in [1.29, 1.82) is 0 Å². The number of aryl methyl sites for hydroxylation is 1. The summed E-state index contributed by atoms with van der Waals surface area (Å²) in [7, 11) is 0. The molecule has 2 atom stereocenters. The van der Waals surface area contributed by atoms with Gasteiger partial charge in [0.05, 0.1) is 13.2 Å². The second-order valence-corrected chi connectivity index (χ2v) is 7.85. The van der Waals surface area contributed by atoms with Crippen LogP contribution < -0.4 is 0 Å². The van der Waals surface area contributed by atoms with Crippen LogP contribution in [-0.2, 0) is 4.74 Å². The molecule has 2 aromatic rings. The van der Waals surface area contributed by atoms with Crippen LogP contribution in [0.5, 0.6) is 0 Å². The maximum Gasteiger partial charge on any atom is 0.274 e. The van der Waals surface area contributed by atoms with Crippen molar-refractivity contribution in [3.05, 3.63) is 29.7 Å². The van der Waals surface area contributed by atoms with E-state index in [2.05, 4.69) is 15.1 Å². The standard InChI is InChI=1S/C20H28N4O4/c1-14-2-3-19(28-14)17-9-18(22-21-17)20(26)24-11-15(8-16(12-24)13-25)10-23-4-6-27-7-5-23/h2-3,9,15-16,25H,4-8,10-13H2,1H3,(H,21,22)/t15-,16-/m0/s1. The largest absolute Gasteiger partial charge is 0.460 e. The fourth-order valence-corrected chi connectivity index (χ4v) is 4.20. The fourth-order valence-electron chi connectivity index (χ4n) is 4.20. The predicted octanol–water partition coefficient (Wildman–Crippen LogP) is 1.38. The van der Waals surface area contributed by atoms with E-state index >= 15 is 0 Å². The molecule has 4 heterocycles. The number of rotatable bonds is 5. The van der Waals surface area contributed by atoms with E-state index in [1.807, 2.05) is 24.0 Å². The van der Waals surface area contributed by atoms with Crippen molar-refractivity contribution >= 4 is 5.91 Å². The summed E-state index contributed by atoms with van der Waals surface area (Å²) >= 11 is 0. The Kier molecular flexibility index (Phi) is 5.79. The van der Waals surface area contributed by atoms with E-state index < -0.39 is 0 Å². The summed E-state index contributed by atoms with van der Waals surface area (Å²) in [6.45, 7) is 7.55. The first-order valence-corrected chi connectivity index (χ1v) is 9.95. The molecule has 2 aromatic heterocycles. The first-order valence-electron chi connectivity index (χ1n) is 9.95. The number of likely N-dealkylation sites (tertiary alicyclic amines) is 1. The molecule has 8 heteroatoms. The van der Waals surface area contributed by atoms with Crippen molar-refractivity contribution in [1.82, 2.24) is 20.0 Å². The van der Waals surface area contributed by atoms with Gasteiger partial charge in [0.1, 0.15) is 11.5 Å². The molecule has 8 nitrogen and oxygen atoms in total. The molecule has 0 aliphatic carbocycles. The summed E-state index contributed by atoms with van der Waals surface area (Å²) in [5.74, 6) is 1.83. The van der Waals surface area contributed by atoms with E-state index in [-0.39, 0.29) is 18.4 Å². The van der Waals surface area contributed by atoms with Gasteiger partial charge in [0.15, 0.2) is 11.5 Å². The molecule has 2 fully saturated rings. The molecular weight excluding hydrogens is 360 g/mol. The Hall–Kier alpha value is -2.16. The maximum absolute atomic E-state index is 13.0. The number of furan rings is 1. The van der Waals surface area contributed by atoms with E-state index in [0.717, 1.165) is 45.0 Å². The van der Waals surface area contributed by atoms with Gasteiger partial charge in [-0.1, -0.05) is 0 Å². The van der Waals surface area contributed by atoms with Crippen molar-refractivity contribution in [3.8, 4) is 11.5 Å². The zero-order chi connectivity index (χ0) is 19.5. The van der Waals surface area contributed by atoms with E-state index in [1.54, 1.807) is 6.07 Å². The third kappa shape index (κ3) is 4.29. The van der Waals surface area contributed by atoms with Gasteiger partial charge < -0.3 is 19.2 Å². The van der Waals surface area contributed by atoms with Gasteiger partial charge >= 0.3 is 0 Å². The van der Waals surface area contributed by atoms with Crippen molar-refractivity contribution in [2.45, 2.75) is 13.3 Å². The van der Waals surface area contributed by atoms with E-state index in [9.17, 15) is 9.90 Å². The molecule has 152 valence electrons. The highest BCUT2D eigenvalue weighted by Gasteiger charge is 2.32. The zero-order valence-electron chi connectivity index (χ0n) is 16.3. The molecule has 28 heavy (non-hydrogen) atoms. The van der Waals surface area contributed by atoms with Crippen LogP contribution in [0.2, 0.25) is 0 Å². The number of aromatic amines is 1. The van der Waals surface area contributed by atoms with Crippen molar-refractivity contribution in [3.63, 3.8) is 0 Å². The second-order valence-electron chi connectivity index (χ2n) is 7.85. The minimum Gasteiger partial charge on any atom is -0.460 e. The van der Waals surface area contributed by atoms with Gasteiger partial charge in [-0.2, -0.15) is 5.10 Å². The number of nitrogens with zero attached hydrogens (tertiary/aromatic N) is 3. The summed E-state index contributed by atoms with van der Waals surface area (Å²) in [4.78, 5) is 17.3. The normalized spacial score (nSPS) is 23.9. The molecule has 2 saturated heterocycles. The summed E-state index contributed by atoms with van der Waals surface area (Å²) in [5, 5.41) is 16.8. The molecule has 0 spiro atoms. The lowest BCUT2D eigenvalue weighted by atomic mass is 9.89. The number of amides is 1. The number of aromatic nitrogens is 2. The van der Waals surface area contributed by atoms with E-state index in [0.29, 0.717) is 36.2 Å². The number of aliphatic hydroxyl groups is 1. The van der Waals surface area contributed by atoms with Gasteiger partial charge in [-0.3, -0.25) is 14.8 Å². The fraction of sp³-hybridized carbons (Fsp3) is 0.600. The average molecular weight is 388 g/mol. The maximum atomic E-state index is 13.0. The third-order valence-corrected chi connectivity index (χ3v) is 5.59. The molecule has 2 aliphatic rings. The average Bonchev–Trinajstić information content (AvgIpc) is 3.37. The number of piperidine rings is 1. The lowest BCUT2D eigenvalue weighted by Gasteiger charge is -2.39. The van der Waals surface area contributed by atoms with Gasteiger partial charge in [-0.05, 0) is 37.3 Å². The van der Waals surface area contributed by atoms with E-state index in [1.165, 1.54) is 0 Å². The monoisotopic (exact) mass is 388 g/mol. The summed E-state index contributed by atoms with van der Waals surface area (Å²) < 4.78 is 11.0. The molecule has 0 aromatic carbocycles. The first-order chi connectivity index (χ1) is 13.6. The van der Waals surface area contributed by atoms with Gasteiger partial charge in [0.2, 0.25) is 0 Å². The Morgan fingerprint density at radius 3 is 2.79 bits per heavy atom. The highest BCUT2D eigenvalue weighted by Crippen LogP contribution is 2.26. The Balaban J connectivity index is 1.44. The summed E-state index contributed by atoms with van der Waals surface area (Å²) in [5.41, 5.74) is 1.07. The number of carbonyl (C=O) groups is 1. The Morgan fingerprint density at radius 1 is 1.29 bits per heavy atom. The number of hydrogen-bond acceptors (Lipinski definition) is 6. The number of ether oxygens (including phenoxy) is 1. The number of H-pyrrole nitrogens is 1. The molecule has 0 radical (unpaired) electrons. The van der Waals surface area contributed by atoms with Crippen LogP contribution in [-0.4, -0.2) is 83.6 Å². The number of morpholine rings is 1. The van der Waals surface area contributed by atoms with Crippen LogP contribution in [0.15, 0.2) is 22.6 Å². The SMILES string of the molecule is Cc1ccc(-c2cc(C(=O)N3C[C@@H](CO)C[C@@H](CN4CCOCC4)C3)n[nH]2)o1. The molecule has 4 rings (SSSR count). The summed E-state index contributed by atoms with van der Waals surface area (Å²) in [6.07, 6.45) is 0.940. The topological polar surface area (TPSA) is 94.8 Å². The lowest BCUT2D eigenvalue weighted by molar-refractivity contribution is 0.0129. The van der Waals surface area contributed by atoms with Gasteiger partial charge in [0, 0.05) is 45.4 Å². The molecule has 0 bridgehead atoms. The van der Waals surface area contributed by atoms with Crippen LogP contribution in [0.1, 0.15) is 22.7 Å². The lowest BCUT2D eigenvalue weighted by Crippen LogP contribution is -2.49. The van der Waals surface area contributed by atoms with Crippen LogP contribution in [0.25, 0.3) is 11.5 Å². The first kappa shape index (κ1) is 19.2. The predicted molar refractivity (Wildman–Crippen MR) is 103 cm³/mol. The molecule has 0 unspecified atom stereocenters. The Morgan fingerprint density at radius 2 is 2.07 bits per heavy atom. The number of aliphatic hydroxyl groups excluding tert-OH is 1. The quantitative estimate of drug-likeness (QED) is 0.804. The van der Waals surface area contributed by atoms with Crippen LogP contribution in [0.4, 0.5) is 0 Å². The molecular formula is C20H28N4O4. The zero-order valence-corrected chi connectivity index (χ0v) is 16.3. The number of hydrogen-bond donors (Lipinski definition) is 2. The van der Waals surface area contributed by atoms with Gasteiger partial charge in [-0.15, -0.1) is 0 Å². The van der Waals surface area contributed by atoms with Crippen molar-refractivity contribution in [2.75, 3.05) is 52.5 Å². The third-order valence-electron chi connectivity index (χ3n) is 5.59. The smallest absolute Gasteiger partial charge is 0.274 e.